The van der Waals surface area contributed by atoms with Gasteiger partial charge in [-0.3, -0.25) is 0 Å². The second-order valence-electron chi connectivity index (χ2n) is 7.98. The predicted octanol–water partition coefficient (Wildman–Crippen LogP) is 9.38. The Morgan fingerprint density at radius 3 is 1.66 bits per heavy atom. The molecule has 0 amide bonds. The van der Waals surface area contributed by atoms with Crippen molar-refractivity contribution < 1.29 is 0 Å². The van der Waals surface area contributed by atoms with Crippen LogP contribution in [0.25, 0.3) is 32.7 Å². The summed E-state index contributed by atoms with van der Waals surface area (Å²) in [6.45, 7) is 10.4. The van der Waals surface area contributed by atoms with E-state index in [1.807, 2.05) is 27.7 Å². The Labute approximate surface area is 192 Å². The molecular formula is C32H32. The molecule has 0 N–H and O–H groups in total. The topological polar surface area (TPSA) is 0 Å². The van der Waals surface area contributed by atoms with E-state index >= 15 is 0 Å². The van der Waals surface area contributed by atoms with Crippen LogP contribution in [-0.2, 0) is 5.41 Å². The Kier molecular flexibility index (Phi) is 6.15. The Morgan fingerprint density at radius 1 is 0.438 bits per heavy atom. The number of rotatable bonds is 1. The van der Waals surface area contributed by atoms with Gasteiger partial charge in [0.15, 0.2) is 0 Å². The van der Waals surface area contributed by atoms with Crippen molar-refractivity contribution in [3.8, 4) is 11.1 Å². The van der Waals surface area contributed by atoms with Crippen molar-refractivity contribution >= 4 is 21.5 Å². The molecule has 0 aromatic heterocycles. The molecule has 160 valence electrons. The van der Waals surface area contributed by atoms with Crippen LogP contribution in [0.4, 0.5) is 0 Å². The normalized spacial score (nSPS) is 15.8. The van der Waals surface area contributed by atoms with Gasteiger partial charge < -0.3 is 0 Å². The highest BCUT2D eigenvalue weighted by atomic mass is 14.4. The summed E-state index contributed by atoms with van der Waals surface area (Å²) >= 11 is 0. The molecule has 0 heterocycles. The van der Waals surface area contributed by atoms with Gasteiger partial charge in [0, 0.05) is 5.41 Å². The summed E-state index contributed by atoms with van der Waals surface area (Å²) in [6, 6.07) is 37.9. The minimum Gasteiger partial charge on any atom is -0.0683 e. The zero-order valence-electron chi connectivity index (χ0n) is 19.8. The van der Waals surface area contributed by atoms with Gasteiger partial charge in [-0.2, -0.15) is 0 Å². The van der Waals surface area contributed by atoms with Crippen LogP contribution in [0, 0.1) is 0 Å². The van der Waals surface area contributed by atoms with Crippen LogP contribution in [0.15, 0.2) is 103 Å². The van der Waals surface area contributed by atoms with Crippen LogP contribution >= 0.6 is 0 Å². The van der Waals surface area contributed by atoms with E-state index in [9.17, 15) is 0 Å². The van der Waals surface area contributed by atoms with Crippen LogP contribution in [0.2, 0.25) is 0 Å². The Balaban J connectivity index is 0.000000582. The standard InChI is InChI=1S/C28H20.2C2H6/c1-28(23-15-14-19-8-2-3-9-20(19)16-23)26-13-7-6-12-24(26)25-17-21-10-4-5-11-22(21)18-27(25)28;2*1-2/h2-18H,1H3;2*1-2H3. The van der Waals surface area contributed by atoms with E-state index in [-0.39, 0.29) is 5.41 Å². The van der Waals surface area contributed by atoms with Crippen LogP contribution < -0.4 is 0 Å². The van der Waals surface area contributed by atoms with Crippen LogP contribution in [-0.4, -0.2) is 0 Å². The summed E-state index contributed by atoms with van der Waals surface area (Å²) in [5.74, 6) is 0. The first-order valence-electron chi connectivity index (χ1n) is 11.9. The number of fused-ring (bicyclic) bond motifs is 5. The summed E-state index contributed by atoms with van der Waals surface area (Å²) in [4.78, 5) is 0. The van der Waals surface area contributed by atoms with E-state index in [1.165, 1.54) is 49.4 Å². The highest BCUT2D eigenvalue weighted by Gasteiger charge is 2.40. The van der Waals surface area contributed by atoms with Crippen molar-refractivity contribution in [2.45, 2.75) is 40.0 Å². The number of hydrogen-bond acceptors (Lipinski definition) is 0. The molecule has 5 aromatic carbocycles. The molecule has 0 spiro atoms. The maximum absolute atomic E-state index is 2.40. The summed E-state index contributed by atoms with van der Waals surface area (Å²) in [7, 11) is 0. The van der Waals surface area contributed by atoms with E-state index in [1.54, 1.807) is 0 Å². The van der Waals surface area contributed by atoms with Crippen LogP contribution in [0.3, 0.4) is 0 Å². The van der Waals surface area contributed by atoms with Gasteiger partial charge in [0.1, 0.15) is 0 Å². The SMILES string of the molecule is CC.CC.CC1(c2ccc3ccccc3c2)c2ccccc2-c2cc3ccccc3cc21. The summed E-state index contributed by atoms with van der Waals surface area (Å²) in [5.41, 5.74) is 6.73. The second-order valence-corrected chi connectivity index (χ2v) is 7.98. The smallest absolute Gasteiger partial charge is 0.0435 e. The lowest BCUT2D eigenvalue weighted by Gasteiger charge is -2.29. The quantitative estimate of drug-likeness (QED) is 0.255. The molecule has 1 atom stereocenters. The van der Waals surface area contributed by atoms with Crippen molar-refractivity contribution in [3.05, 3.63) is 120 Å². The number of hydrogen-bond donors (Lipinski definition) is 0. The lowest BCUT2D eigenvalue weighted by atomic mass is 9.73. The van der Waals surface area contributed by atoms with Gasteiger partial charge in [-0.15, -0.1) is 0 Å². The highest BCUT2D eigenvalue weighted by molar-refractivity contribution is 5.95. The average molecular weight is 417 g/mol. The van der Waals surface area contributed by atoms with Crippen molar-refractivity contribution in [1.29, 1.82) is 0 Å². The van der Waals surface area contributed by atoms with E-state index < -0.39 is 0 Å². The van der Waals surface area contributed by atoms with Gasteiger partial charge in [-0.1, -0.05) is 113 Å². The zero-order chi connectivity index (χ0) is 22.7. The minimum atomic E-state index is -0.153. The first-order valence-corrected chi connectivity index (χ1v) is 11.9. The highest BCUT2D eigenvalue weighted by Crippen LogP contribution is 2.53. The van der Waals surface area contributed by atoms with Gasteiger partial charge in [0.2, 0.25) is 0 Å². The molecule has 1 aliphatic rings. The van der Waals surface area contributed by atoms with E-state index in [2.05, 4.69) is 110 Å². The molecule has 0 bridgehead atoms. The van der Waals surface area contributed by atoms with Gasteiger partial charge in [-0.25, -0.2) is 0 Å². The van der Waals surface area contributed by atoms with Crippen molar-refractivity contribution in [1.82, 2.24) is 0 Å². The summed E-state index contributed by atoms with van der Waals surface area (Å²) in [5, 5.41) is 5.20. The monoisotopic (exact) mass is 416 g/mol. The fourth-order valence-corrected chi connectivity index (χ4v) is 4.99. The number of benzene rings is 5. The molecule has 0 radical (unpaired) electrons. The molecule has 0 heteroatoms. The van der Waals surface area contributed by atoms with E-state index in [0.29, 0.717) is 0 Å². The summed E-state index contributed by atoms with van der Waals surface area (Å²) in [6.07, 6.45) is 0. The van der Waals surface area contributed by atoms with Gasteiger partial charge in [-0.05, 0) is 74.5 Å². The summed E-state index contributed by atoms with van der Waals surface area (Å²) < 4.78 is 0. The first-order chi connectivity index (χ1) is 15.7. The molecule has 0 nitrogen and oxygen atoms in total. The first kappa shape index (κ1) is 21.8. The fourth-order valence-electron chi connectivity index (χ4n) is 4.99. The molecule has 0 fully saturated rings. The average Bonchev–Trinajstić information content (AvgIpc) is 3.13. The van der Waals surface area contributed by atoms with Crippen molar-refractivity contribution in [2.24, 2.45) is 0 Å². The molecule has 0 saturated carbocycles. The maximum atomic E-state index is 2.40. The van der Waals surface area contributed by atoms with Crippen molar-refractivity contribution in [3.63, 3.8) is 0 Å². The molecule has 0 aliphatic heterocycles. The zero-order valence-corrected chi connectivity index (χ0v) is 19.8. The lowest BCUT2D eigenvalue weighted by Crippen LogP contribution is -2.22. The molecular weight excluding hydrogens is 384 g/mol. The third-order valence-electron chi connectivity index (χ3n) is 6.51. The minimum absolute atomic E-state index is 0.153. The van der Waals surface area contributed by atoms with Gasteiger partial charge in [0.05, 0.1) is 0 Å². The molecule has 32 heavy (non-hydrogen) atoms. The maximum Gasteiger partial charge on any atom is 0.0435 e. The van der Waals surface area contributed by atoms with Gasteiger partial charge >= 0.3 is 0 Å². The fraction of sp³-hybridized carbons (Fsp3) is 0.188. The molecule has 6 rings (SSSR count). The van der Waals surface area contributed by atoms with Crippen LogP contribution in [0.1, 0.15) is 51.3 Å². The van der Waals surface area contributed by atoms with Crippen molar-refractivity contribution in [2.75, 3.05) is 0 Å². The molecule has 0 saturated heterocycles. The largest absolute Gasteiger partial charge is 0.0683 e. The molecule has 5 aromatic rings. The lowest BCUT2D eigenvalue weighted by molar-refractivity contribution is 0.716. The Morgan fingerprint density at radius 2 is 0.969 bits per heavy atom. The molecule has 1 unspecified atom stereocenters. The predicted molar refractivity (Wildman–Crippen MR) is 142 cm³/mol. The third-order valence-corrected chi connectivity index (χ3v) is 6.51. The van der Waals surface area contributed by atoms with Crippen LogP contribution in [0.5, 0.6) is 0 Å². The molecule has 1 aliphatic carbocycles. The van der Waals surface area contributed by atoms with E-state index in [0.717, 1.165) is 0 Å². The Bertz CT molecular complexity index is 1380. The van der Waals surface area contributed by atoms with E-state index in [4.69, 9.17) is 0 Å². The third kappa shape index (κ3) is 3.31. The second kappa shape index (κ2) is 9.01. The van der Waals surface area contributed by atoms with Gasteiger partial charge in [0.25, 0.3) is 0 Å². The Hall–Kier alpha value is -3.38.